The molecule has 0 unspecified atom stereocenters. The summed E-state index contributed by atoms with van der Waals surface area (Å²) in [6.07, 6.45) is 3.88. The maximum absolute atomic E-state index is 14.2. The summed E-state index contributed by atoms with van der Waals surface area (Å²) in [6.45, 7) is 6.47. The first-order valence-corrected chi connectivity index (χ1v) is 23.1. The van der Waals surface area contributed by atoms with Crippen molar-refractivity contribution in [3.8, 4) is 33.6 Å². The van der Waals surface area contributed by atoms with Crippen molar-refractivity contribution < 1.29 is 33.3 Å². The Balaban J connectivity index is 0.000000214. The van der Waals surface area contributed by atoms with Crippen LogP contribution in [0.1, 0.15) is 30.9 Å². The van der Waals surface area contributed by atoms with E-state index in [1.165, 1.54) is 27.7 Å². The summed E-state index contributed by atoms with van der Waals surface area (Å²) in [5.41, 5.74) is 8.54. The molecule has 7 aromatic rings. The van der Waals surface area contributed by atoms with Crippen LogP contribution in [0.15, 0.2) is 108 Å². The molecule has 4 aromatic carbocycles. The van der Waals surface area contributed by atoms with Crippen molar-refractivity contribution >= 4 is 39.6 Å². The first kappa shape index (κ1) is 35.3. The van der Waals surface area contributed by atoms with Crippen LogP contribution in [0.2, 0.25) is 17.3 Å². The average molecular weight is 876 g/mol. The van der Waals surface area contributed by atoms with E-state index in [0.29, 0.717) is 28.2 Å². The van der Waals surface area contributed by atoms with E-state index in [2.05, 4.69) is 84.5 Å². The molecule has 1 radical (unpaired) electrons. The molecule has 7 heteroatoms. The Morgan fingerprint density at radius 2 is 1.60 bits per heavy atom. The molecule has 0 spiro atoms. The van der Waals surface area contributed by atoms with Gasteiger partial charge in [-0.05, 0) is 41.4 Å². The molecule has 48 heavy (non-hydrogen) atoms. The van der Waals surface area contributed by atoms with E-state index < -0.39 is 24.9 Å². The Morgan fingerprint density at radius 3 is 2.29 bits per heavy atom. The summed E-state index contributed by atoms with van der Waals surface area (Å²) in [5, 5.41) is 1.87. The summed E-state index contributed by atoms with van der Waals surface area (Å²) in [4.78, 5) is 9.11. The van der Waals surface area contributed by atoms with E-state index >= 15 is 0 Å². The molecule has 0 N–H and O–H groups in total. The molecule has 0 saturated carbocycles. The number of nitrogens with zero attached hydrogens (tertiary/aromatic N) is 2. The van der Waals surface area contributed by atoms with Crippen molar-refractivity contribution in [2.75, 3.05) is 0 Å². The SMILES string of the molecule is CC(C)c1ccnc(-c2[c-]ccc3c2oc2cc(-c4ccc(F)cc4F)ccc23)c1.Cc1cc(-c2[c-]cccc2)nc[c]1[Ge]([CH3])([CH3])[CH3].[Ir]. The summed E-state index contributed by atoms with van der Waals surface area (Å²) in [6, 6.07) is 33.6. The molecule has 0 amide bonds. The molecular formula is C41H36F2GeIrN2O-2. The van der Waals surface area contributed by atoms with Crippen LogP contribution in [0, 0.1) is 30.7 Å². The predicted octanol–water partition coefficient (Wildman–Crippen LogP) is 10.9. The van der Waals surface area contributed by atoms with Gasteiger partial charge in [0.1, 0.15) is 17.2 Å². The molecule has 3 nitrogen and oxygen atoms in total. The van der Waals surface area contributed by atoms with Gasteiger partial charge in [0.15, 0.2) is 0 Å². The smallest absolute Gasteiger partial charge is 0 e. The number of fused-ring (bicyclic) bond motifs is 3. The largest absolute Gasteiger partial charge is 0 e. The Kier molecular flexibility index (Phi) is 10.8. The van der Waals surface area contributed by atoms with Crippen LogP contribution in [0.5, 0.6) is 0 Å². The van der Waals surface area contributed by atoms with Crippen LogP contribution in [0.4, 0.5) is 8.78 Å². The van der Waals surface area contributed by atoms with E-state index in [1.807, 2.05) is 48.5 Å². The van der Waals surface area contributed by atoms with Gasteiger partial charge in [-0.15, -0.1) is 18.2 Å². The quantitative estimate of drug-likeness (QED) is 0.128. The Hall–Kier alpha value is -3.97. The van der Waals surface area contributed by atoms with Gasteiger partial charge in [-0.25, -0.2) is 8.78 Å². The third-order valence-corrected chi connectivity index (χ3v) is 12.8. The van der Waals surface area contributed by atoms with Crippen LogP contribution in [-0.2, 0) is 20.1 Å². The fourth-order valence-electron chi connectivity index (χ4n) is 5.81. The Morgan fingerprint density at radius 1 is 0.792 bits per heavy atom. The van der Waals surface area contributed by atoms with E-state index in [4.69, 9.17) is 4.42 Å². The molecule has 0 aliphatic heterocycles. The number of rotatable bonds is 5. The van der Waals surface area contributed by atoms with E-state index in [1.54, 1.807) is 12.3 Å². The van der Waals surface area contributed by atoms with Crippen LogP contribution in [0.3, 0.4) is 0 Å². The third kappa shape index (κ3) is 7.52. The number of aromatic nitrogens is 2. The number of aryl methyl sites for hydroxylation is 1. The minimum Gasteiger partial charge on any atom is 0 e. The van der Waals surface area contributed by atoms with Gasteiger partial charge in [0.05, 0.1) is 5.58 Å². The monoisotopic (exact) mass is 877 g/mol. The first-order valence-electron chi connectivity index (χ1n) is 15.7. The van der Waals surface area contributed by atoms with E-state index in [9.17, 15) is 8.78 Å². The maximum Gasteiger partial charge on any atom is 0 e. The standard InChI is InChI=1S/C26H18F2NO.C15H18GeN.Ir/c1-15(2)16-10-11-29-24(12-16)22-5-3-4-21-20-8-6-17(13-25(20)30-26(21)22)19-9-7-18(27)14-23(19)28;1-12-10-15(13-8-6-5-7-9-13)17-11-14(12)16(2,3)4;/h3-4,6-15H,1-2H3;5-8,10-11H,1-4H3;/q2*-1;. The third-order valence-electron chi connectivity index (χ3n) is 8.29. The van der Waals surface area contributed by atoms with Gasteiger partial charge in [0.2, 0.25) is 0 Å². The van der Waals surface area contributed by atoms with E-state index in [0.717, 1.165) is 39.4 Å². The van der Waals surface area contributed by atoms with Crippen LogP contribution in [-0.4, -0.2) is 23.2 Å². The number of benzene rings is 4. The maximum atomic E-state index is 14.2. The molecule has 7 rings (SSSR count). The summed E-state index contributed by atoms with van der Waals surface area (Å²) in [5.74, 6) is 6.39. The van der Waals surface area contributed by atoms with Gasteiger partial charge in [-0.2, -0.15) is 0 Å². The zero-order chi connectivity index (χ0) is 33.3. The fourth-order valence-corrected chi connectivity index (χ4v) is 9.39. The van der Waals surface area contributed by atoms with Gasteiger partial charge in [0.25, 0.3) is 0 Å². The second kappa shape index (κ2) is 14.7. The second-order valence-electron chi connectivity index (χ2n) is 13.1. The molecule has 0 aliphatic rings. The van der Waals surface area contributed by atoms with Gasteiger partial charge in [-0.1, -0.05) is 48.6 Å². The van der Waals surface area contributed by atoms with Crippen molar-refractivity contribution in [3.05, 3.63) is 138 Å². The Labute approximate surface area is 297 Å². The predicted molar refractivity (Wildman–Crippen MR) is 191 cm³/mol. The molecule has 3 heterocycles. The van der Waals surface area contributed by atoms with Crippen LogP contribution >= 0.6 is 0 Å². The molecule has 0 bridgehead atoms. The van der Waals surface area contributed by atoms with Crippen molar-refractivity contribution in [2.45, 2.75) is 44.0 Å². The molecule has 0 saturated heterocycles. The fraction of sp³-hybridized carbons (Fsp3) is 0.171. The van der Waals surface area contributed by atoms with Crippen LogP contribution < -0.4 is 4.40 Å². The van der Waals surface area contributed by atoms with Gasteiger partial charge in [0, 0.05) is 43.3 Å². The van der Waals surface area contributed by atoms with Crippen molar-refractivity contribution in [1.82, 2.24) is 9.97 Å². The number of hydrogen-bond acceptors (Lipinski definition) is 3. The van der Waals surface area contributed by atoms with Gasteiger partial charge < -0.3 is 9.40 Å². The normalized spacial score (nSPS) is 11.4. The molecule has 0 fully saturated rings. The number of halogens is 2. The van der Waals surface area contributed by atoms with E-state index in [-0.39, 0.29) is 20.1 Å². The molecule has 0 aliphatic carbocycles. The summed E-state index contributed by atoms with van der Waals surface area (Å²) >= 11 is -1.77. The first-order chi connectivity index (χ1) is 22.5. The topological polar surface area (TPSA) is 38.9 Å². The summed E-state index contributed by atoms with van der Waals surface area (Å²) in [7, 11) is 0. The van der Waals surface area contributed by atoms with Gasteiger partial charge >= 0.3 is 106 Å². The van der Waals surface area contributed by atoms with Crippen LogP contribution in [0.25, 0.3) is 55.6 Å². The number of hydrogen-bond donors (Lipinski definition) is 0. The zero-order valence-corrected chi connectivity index (χ0v) is 32.3. The second-order valence-corrected chi connectivity index (χ2v) is 23.6. The Bertz CT molecular complexity index is 2210. The minimum atomic E-state index is -1.77. The molecule has 245 valence electrons. The summed E-state index contributed by atoms with van der Waals surface area (Å²) < 4.78 is 35.2. The average Bonchev–Trinajstić information content (AvgIpc) is 3.43. The van der Waals surface area contributed by atoms with Gasteiger partial charge in [-0.3, -0.25) is 0 Å². The van der Waals surface area contributed by atoms with Crippen molar-refractivity contribution in [1.29, 1.82) is 0 Å². The zero-order valence-electron chi connectivity index (χ0n) is 27.8. The van der Waals surface area contributed by atoms with Crippen molar-refractivity contribution in [2.24, 2.45) is 0 Å². The number of pyridine rings is 2. The minimum absolute atomic E-state index is 0. The number of furan rings is 1. The van der Waals surface area contributed by atoms with Crippen molar-refractivity contribution in [3.63, 3.8) is 0 Å². The molecule has 3 aromatic heterocycles. The molecule has 0 atom stereocenters. The molecular weight excluding hydrogens is 839 g/mol.